The summed E-state index contributed by atoms with van der Waals surface area (Å²) in [6.45, 7) is 0. The van der Waals surface area contributed by atoms with Gasteiger partial charge in [-0.3, -0.25) is 0 Å². The third kappa shape index (κ3) is 4.17. The van der Waals surface area contributed by atoms with E-state index in [1.807, 2.05) is 0 Å². The number of aliphatic imine (C=N–C) groups is 4. The molecule has 0 fully saturated rings. The van der Waals surface area contributed by atoms with Crippen molar-refractivity contribution in [1.82, 2.24) is 5.58 Å². The quantitative estimate of drug-likeness (QED) is 0.137. The molecular formula is C48H26N8Sn. The molecule has 10 aromatic rings. The fraction of sp³-hybridized carbons (Fsp3) is 0. The Morgan fingerprint density at radius 3 is 0.947 bits per heavy atom. The Hall–Kier alpha value is -7.04. The Bertz CT molecular complexity index is 3600. The first-order valence-electron chi connectivity index (χ1n) is 19.1. The van der Waals surface area contributed by atoms with Crippen LogP contribution >= 0.6 is 0 Å². The van der Waals surface area contributed by atoms with Gasteiger partial charge in [0.05, 0.1) is 0 Å². The van der Waals surface area contributed by atoms with Crippen molar-refractivity contribution in [2.75, 3.05) is 0 Å². The summed E-state index contributed by atoms with van der Waals surface area (Å²) in [6.07, 6.45) is 0. The summed E-state index contributed by atoms with van der Waals surface area (Å²) < 4.78 is 4.86. The van der Waals surface area contributed by atoms with E-state index in [2.05, 4.69) is 151 Å². The minimum absolute atomic E-state index is 0.665. The van der Waals surface area contributed by atoms with Gasteiger partial charge in [0.2, 0.25) is 0 Å². The van der Waals surface area contributed by atoms with E-state index in [0.29, 0.717) is 23.3 Å². The summed E-state index contributed by atoms with van der Waals surface area (Å²) in [5.41, 5.74) is 5.65. The average Bonchev–Trinajstić information content (AvgIpc) is 3.93. The van der Waals surface area contributed by atoms with Crippen molar-refractivity contribution >= 4 is 121 Å². The Morgan fingerprint density at radius 1 is 0.298 bits per heavy atom. The Labute approximate surface area is 333 Å². The van der Waals surface area contributed by atoms with Gasteiger partial charge >= 0.3 is 336 Å². The van der Waals surface area contributed by atoms with Gasteiger partial charge in [-0.25, -0.2) is 0 Å². The van der Waals surface area contributed by atoms with Gasteiger partial charge in [-0.05, 0) is 0 Å². The van der Waals surface area contributed by atoms with Crippen LogP contribution in [0.3, 0.4) is 0 Å². The number of amidine groups is 4. The molecule has 57 heavy (non-hydrogen) atoms. The minimum atomic E-state index is -2.51. The van der Waals surface area contributed by atoms with Crippen LogP contribution in [0.25, 0.3) is 64.6 Å². The summed E-state index contributed by atoms with van der Waals surface area (Å²) in [7, 11) is 0. The number of aromatic nitrogens is 2. The van der Waals surface area contributed by atoms with Gasteiger partial charge in [0.15, 0.2) is 0 Å². The van der Waals surface area contributed by atoms with Crippen LogP contribution in [-0.4, -0.2) is 50.6 Å². The first-order chi connectivity index (χ1) is 28.2. The standard InChI is InChI=1S/C48H24N8.Sn.2H/c1-2-10-26-18-34-33(17-25(26)9-1)41-49-42(34)54-44-37-21-29-13-5-6-14-30(29)22-38(37)46(51-44)56-48-40-24-32-16-8-7-15-31(32)23-39(40)47(52-48)55-45-36-20-28-12-4-3-11-27(28)19-35(36)43(50-45)53-41;;;/h1-24H;;;/q-2;+2;;. The van der Waals surface area contributed by atoms with Crippen LogP contribution in [-0.2, 0) is 0 Å². The topological polar surface area (TPSA) is 84.0 Å². The number of nitrogens with zero attached hydrogens (tertiary/aromatic N) is 8. The molecule has 8 aromatic carbocycles. The Kier molecular flexibility index (Phi) is 5.74. The van der Waals surface area contributed by atoms with E-state index in [1.165, 1.54) is 0 Å². The number of benzene rings is 8. The molecule has 0 saturated carbocycles. The molecule has 0 unspecified atom stereocenters. The monoisotopic (exact) mass is 834 g/mol. The zero-order chi connectivity index (χ0) is 36.9. The first-order valence-corrected chi connectivity index (χ1v) is 22.7. The molecule has 4 aliphatic rings. The predicted octanol–water partition coefficient (Wildman–Crippen LogP) is 8.55. The van der Waals surface area contributed by atoms with Crippen molar-refractivity contribution in [3.8, 4) is 0 Å². The fourth-order valence-corrected chi connectivity index (χ4v) is 14.4. The van der Waals surface area contributed by atoms with Gasteiger partial charge < -0.3 is 0 Å². The van der Waals surface area contributed by atoms with Crippen LogP contribution in [0.15, 0.2) is 176 Å². The zero-order valence-corrected chi connectivity index (χ0v) is 34.2. The van der Waals surface area contributed by atoms with Gasteiger partial charge in [-0.2, -0.15) is 0 Å². The molecular weight excluding hydrogens is 807 g/mol. The second-order valence-electron chi connectivity index (χ2n) is 15.2. The summed E-state index contributed by atoms with van der Waals surface area (Å²) in [6, 6.07) is 52.0. The van der Waals surface area contributed by atoms with Crippen LogP contribution in [0, 0.1) is 0 Å². The first kappa shape index (κ1) is 30.2. The van der Waals surface area contributed by atoms with E-state index in [0.717, 1.165) is 109 Å². The molecule has 6 bridgehead atoms. The van der Waals surface area contributed by atoms with E-state index in [-0.39, 0.29) is 0 Å². The molecule has 6 heterocycles. The van der Waals surface area contributed by atoms with Crippen molar-refractivity contribution in [2.24, 2.45) is 30.0 Å². The maximum absolute atomic E-state index is 5.57. The van der Waals surface area contributed by atoms with Crippen molar-refractivity contribution in [3.63, 3.8) is 0 Å². The summed E-state index contributed by atoms with van der Waals surface area (Å²) in [5, 5.41) is 13.3. The van der Waals surface area contributed by atoms with E-state index < -0.39 is 21.7 Å². The van der Waals surface area contributed by atoms with Crippen LogP contribution in [0.4, 0.5) is 11.6 Å². The van der Waals surface area contributed by atoms with Crippen molar-refractivity contribution in [1.29, 1.82) is 0 Å². The van der Waals surface area contributed by atoms with Crippen LogP contribution in [0.1, 0.15) is 22.3 Å². The van der Waals surface area contributed by atoms with Crippen molar-refractivity contribution in [2.45, 2.75) is 0 Å². The number of hydrogen-bond acceptors (Lipinski definition) is 6. The third-order valence-corrected chi connectivity index (χ3v) is 17.1. The van der Waals surface area contributed by atoms with E-state index in [4.69, 9.17) is 30.0 Å². The molecule has 0 spiro atoms. The molecule has 0 N–H and O–H groups in total. The predicted molar refractivity (Wildman–Crippen MR) is 234 cm³/mol. The summed E-state index contributed by atoms with van der Waals surface area (Å²) in [4.78, 5) is 32.9. The SMILES string of the molecule is c1ccc2cc3c(cc2c1)C1=NC3=Nc2c3cc4ccccc4cc3c3[n]2[SnH2][n]2c(c4cc5ccccc5cc4c2=NC2=NC(=N3)c3cc4ccccc4cc32)=N1. The molecule has 0 aliphatic carbocycles. The Balaban J connectivity index is 1.22. The Morgan fingerprint density at radius 2 is 0.596 bits per heavy atom. The molecule has 8 nitrogen and oxygen atoms in total. The average molecular weight is 834 g/mol. The van der Waals surface area contributed by atoms with E-state index in [9.17, 15) is 0 Å². The van der Waals surface area contributed by atoms with Gasteiger partial charge in [0, 0.05) is 0 Å². The number of rotatable bonds is 0. The molecule has 2 aromatic heterocycles. The van der Waals surface area contributed by atoms with Gasteiger partial charge in [0.1, 0.15) is 0 Å². The molecule has 0 saturated heterocycles. The van der Waals surface area contributed by atoms with Crippen LogP contribution < -0.4 is 11.0 Å². The number of hydrogen-bond donors (Lipinski definition) is 0. The molecule has 4 aliphatic heterocycles. The van der Waals surface area contributed by atoms with Gasteiger partial charge in [-0.15, -0.1) is 0 Å². The second-order valence-corrected chi connectivity index (χ2v) is 19.7. The molecule has 262 valence electrons. The maximum atomic E-state index is 5.57. The van der Waals surface area contributed by atoms with E-state index in [1.54, 1.807) is 0 Å². The van der Waals surface area contributed by atoms with Crippen molar-refractivity contribution in [3.05, 3.63) is 179 Å². The summed E-state index contributed by atoms with van der Waals surface area (Å²) in [5.74, 6) is 4.40. The van der Waals surface area contributed by atoms with Crippen LogP contribution in [0.5, 0.6) is 0 Å². The second kappa shape index (κ2) is 10.8. The van der Waals surface area contributed by atoms with Crippen molar-refractivity contribution < 1.29 is 0 Å². The fourth-order valence-electron chi connectivity index (χ4n) is 9.30. The zero-order valence-electron chi connectivity index (χ0n) is 30.1. The number of fused-ring (bicyclic) bond motifs is 18. The molecule has 9 heteroatoms. The van der Waals surface area contributed by atoms with E-state index >= 15 is 0 Å². The normalized spacial score (nSPS) is 15.4. The molecule has 0 radical (unpaired) electrons. The van der Waals surface area contributed by atoms with Crippen LogP contribution in [0.2, 0.25) is 0 Å². The molecule has 0 atom stereocenters. The van der Waals surface area contributed by atoms with Gasteiger partial charge in [-0.1, -0.05) is 0 Å². The molecule has 14 rings (SSSR count). The third-order valence-electron chi connectivity index (χ3n) is 12.0. The molecule has 0 amide bonds. The summed E-state index contributed by atoms with van der Waals surface area (Å²) >= 11 is -2.51. The van der Waals surface area contributed by atoms with Gasteiger partial charge in [0.25, 0.3) is 0 Å².